The normalized spacial score (nSPS) is 14.9. The molecule has 0 aliphatic heterocycles. The second-order valence-electron chi connectivity index (χ2n) is 4.37. The van der Waals surface area contributed by atoms with Gasteiger partial charge in [-0.2, -0.15) is 0 Å². The SMILES string of the molecule is CCCNC(C)(CCC)c1ccccc1. The number of benzene rings is 1. The van der Waals surface area contributed by atoms with E-state index in [1.54, 1.807) is 0 Å². The number of rotatable bonds is 6. The summed E-state index contributed by atoms with van der Waals surface area (Å²) in [6, 6.07) is 10.8. The third kappa shape index (κ3) is 3.35. The maximum absolute atomic E-state index is 3.66. The fraction of sp³-hybridized carbons (Fsp3) is 0.571. The van der Waals surface area contributed by atoms with Crippen molar-refractivity contribution in [3.63, 3.8) is 0 Å². The van der Waals surface area contributed by atoms with Crippen molar-refractivity contribution in [1.29, 1.82) is 0 Å². The molecule has 0 fully saturated rings. The van der Waals surface area contributed by atoms with Gasteiger partial charge in [-0.05, 0) is 31.9 Å². The van der Waals surface area contributed by atoms with Gasteiger partial charge in [-0.25, -0.2) is 0 Å². The van der Waals surface area contributed by atoms with Crippen LogP contribution >= 0.6 is 0 Å². The third-order valence-electron chi connectivity index (χ3n) is 2.93. The highest BCUT2D eigenvalue weighted by Gasteiger charge is 2.23. The van der Waals surface area contributed by atoms with E-state index in [0.29, 0.717) is 0 Å². The number of nitrogens with one attached hydrogen (secondary N) is 1. The van der Waals surface area contributed by atoms with Gasteiger partial charge in [-0.3, -0.25) is 0 Å². The van der Waals surface area contributed by atoms with Crippen molar-refractivity contribution in [3.8, 4) is 0 Å². The lowest BCUT2D eigenvalue weighted by Crippen LogP contribution is -2.39. The highest BCUT2D eigenvalue weighted by atomic mass is 15.0. The topological polar surface area (TPSA) is 12.0 Å². The van der Waals surface area contributed by atoms with Crippen molar-refractivity contribution in [2.45, 2.75) is 45.6 Å². The molecule has 1 rings (SSSR count). The molecule has 1 aromatic rings. The van der Waals surface area contributed by atoms with Crippen LogP contribution in [0.25, 0.3) is 0 Å². The van der Waals surface area contributed by atoms with E-state index in [1.165, 1.54) is 24.8 Å². The zero-order valence-electron chi connectivity index (χ0n) is 10.2. The van der Waals surface area contributed by atoms with Gasteiger partial charge >= 0.3 is 0 Å². The molecule has 0 saturated carbocycles. The Morgan fingerprint density at radius 2 is 1.73 bits per heavy atom. The Labute approximate surface area is 93.9 Å². The summed E-state index contributed by atoms with van der Waals surface area (Å²) >= 11 is 0. The van der Waals surface area contributed by atoms with E-state index >= 15 is 0 Å². The molecule has 0 aromatic heterocycles. The van der Waals surface area contributed by atoms with Crippen molar-refractivity contribution >= 4 is 0 Å². The van der Waals surface area contributed by atoms with Gasteiger partial charge in [0, 0.05) is 5.54 Å². The predicted octanol–water partition coefficient (Wildman–Crippen LogP) is 3.70. The summed E-state index contributed by atoms with van der Waals surface area (Å²) in [6.45, 7) is 7.85. The number of hydrogen-bond donors (Lipinski definition) is 1. The highest BCUT2D eigenvalue weighted by molar-refractivity contribution is 5.23. The second kappa shape index (κ2) is 5.92. The molecule has 0 aliphatic rings. The molecule has 0 heterocycles. The molecular formula is C14H23N. The maximum Gasteiger partial charge on any atom is 0.0405 e. The zero-order chi connectivity index (χ0) is 11.1. The van der Waals surface area contributed by atoms with Crippen molar-refractivity contribution in [3.05, 3.63) is 35.9 Å². The third-order valence-corrected chi connectivity index (χ3v) is 2.93. The Balaban J connectivity index is 2.80. The van der Waals surface area contributed by atoms with Crippen LogP contribution in [0.5, 0.6) is 0 Å². The first-order valence-electron chi connectivity index (χ1n) is 6.03. The molecule has 1 aromatic carbocycles. The van der Waals surface area contributed by atoms with Crippen LogP contribution in [-0.2, 0) is 5.54 Å². The van der Waals surface area contributed by atoms with E-state index in [2.05, 4.69) is 56.4 Å². The van der Waals surface area contributed by atoms with Gasteiger partial charge in [0.05, 0.1) is 0 Å². The Morgan fingerprint density at radius 3 is 2.27 bits per heavy atom. The molecule has 84 valence electrons. The summed E-state index contributed by atoms with van der Waals surface area (Å²) in [5, 5.41) is 3.66. The summed E-state index contributed by atoms with van der Waals surface area (Å²) in [6.07, 6.45) is 3.59. The molecule has 1 atom stereocenters. The largest absolute Gasteiger partial charge is 0.308 e. The van der Waals surface area contributed by atoms with Crippen LogP contribution in [-0.4, -0.2) is 6.54 Å². The molecule has 0 bridgehead atoms. The van der Waals surface area contributed by atoms with Crippen molar-refractivity contribution < 1.29 is 0 Å². The molecule has 0 radical (unpaired) electrons. The highest BCUT2D eigenvalue weighted by Crippen LogP contribution is 2.25. The van der Waals surface area contributed by atoms with Crippen LogP contribution in [0.15, 0.2) is 30.3 Å². The Morgan fingerprint density at radius 1 is 1.07 bits per heavy atom. The molecule has 0 spiro atoms. The summed E-state index contributed by atoms with van der Waals surface area (Å²) in [7, 11) is 0. The lowest BCUT2D eigenvalue weighted by molar-refractivity contribution is 0.337. The van der Waals surface area contributed by atoms with Crippen LogP contribution < -0.4 is 5.32 Å². The molecule has 1 unspecified atom stereocenters. The first-order valence-corrected chi connectivity index (χ1v) is 6.03. The van der Waals surface area contributed by atoms with Gasteiger partial charge in [-0.15, -0.1) is 0 Å². The second-order valence-corrected chi connectivity index (χ2v) is 4.37. The molecule has 0 saturated heterocycles. The molecular weight excluding hydrogens is 182 g/mol. The van der Waals surface area contributed by atoms with Gasteiger partial charge < -0.3 is 5.32 Å². The first kappa shape index (κ1) is 12.3. The summed E-state index contributed by atoms with van der Waals surface area (Å²) < 4.78 is 0. The molecule has 15 heavy (non-hydrogen) atoms. The molecule has 1 N–H and O–H groups in total. The average molecular weight is 205 g/mol. The van der Waals surface area contributed by atoms with Crippen LogP contribution in [0.3, 0.4) is 0 Å². The number of hydrogen-bond acceptors (Lipinski definition) is 1. The van der Waals surface area contributed by atoms with Gasteiger partial charge in [0.15, 0.2) is 0 Å². The van der Waals surface area contributed by atoms with Crippen LogP contribution in [0, 0.1) is 0 Å². The standard InChI is InChI=1S/C14H23N/c1-4-11-14(3,15-12-5-2)13-9-7-6-8-10-13/h6-10,15H,4-5,11-12H2,1-3H3. The van der Waals surface area contributed by atoms with Crippen LogP contribution in [0.1, 0.15) is 45.6 Å². The van der Waals surface area contributed by atoms with Crippen LogP contribution in [0.4, 0.5) is 0 Å². The predicted molar refractivity (Wildman–Crippen MR) is 67.0 cm³/mol. The van der Waals surface area contributed by atoms with Gasteiger partial charge in [0.25, 0.3) is 0 Å². The van der Waals surface area contributed by atoms with Crippen LogP contribution in [0.2, 0.25) is 0 Å². The molecule has 1 nitrogen and oxygen atoms in total. The summed E-state index contributed by atoms with van der Waals surface area (Å²) in [4.78, 5) is 0. The Hall–Kier alpha value is -0.820. The van der Waals surface area contributed by atoms with Crippen molar-refractivity contribution in [2.24, 2.45) is 0 Å². The van der Waals surface area contributed by atoms with E-state index in [0.717, 1.165) is 6.54 Å². The van der Waals surface area contributed by atoms with Crippen molar-refractivity contribution in [1.82, 2.24) is 5.32 Å². The fourth-order valence-corrected chi connectivity index (χ4v) is 2.04. The van der Waals surface area contributed by atoms with E-state index in [9.17, 15) is 0 Å². The maximum atomic E-state index is 3.66. The van der Waals surface area contributed by atoms with Gasteiger partial charge in [0.1, 0.15) is 0 Å². The summed E-state index contributed by atoms with van der Waals surface area (Å²) in [5.41, 5.74) is 1.55. The van der Waals surface area contributed by atoms with E-state index < -0.39 is 0 Å². The molecule has 1 heteroatoms. The van der Waals surface area contributed by atoms with Gasteiger partial charge in [0.2, 0.25) is 0 Å². The van der Waals surface area contributed by atoms with Gasteiger partial charge in [-0.1, -0.05) is 50.6 Å². The van der Waals surface area contributed by atoms with E-state index in [1.807, 2.05) is 0 Å². The quantitative estimate of drug-likeness (QED) is 0.746. The lowest BCUT2D eigenvalue weighted by Gasteiger charge is -2.31. The first-order chi connectivity index (χ1) is 7.23. The minimum Gasteiger partial charge on any atom is -0.308 e. The monoisotopic (exact) mass is 205 g/mol. The average Bonchev–Trinajstić information content (AvgIpc) is 2.28. The molecule has 0 aliphatic carbocycles. The minimum absolute atomic E-state index is 0.145. The smallest absolute Gasteiger partial charge is 0.0405 e. The fourth-order valence-electron chi connectivity index (χ4n) is 2.04. The minimum atomic E-state index is 0.145. The van der Waals surface area contributed by atoms with E-state index in [-0.39, 0.29) is 5.54 Å². The van der Waals surface area contributed by atoms with E-state index in [4.69, 9.17) is 0 Å². The lowest BCUT2D eigenvalue weighted by atomic mass is 9.87. The Kier molecular flexibility index (Phi) is 4.83. The zero-order valence-corrected chi connectivity index (χ0v) is 10.2. The van der Waals surface area contributed by atoms with Crippen molar-refractivity contribution in [2.75, 3.05) is 6.54 Å². The summed E-state index contributed by atoms with van der Waals surface area (Å²) in [5.74, 6) is 0. The Bertz CT molecular complexity index is 268. The molecule has 0 amide bonds.